The third-order valence-electron chi connectivity index (χ3n) is 4.76. The van der Waals surface area contributed by atoms with Gasteiger partial charge in [-0.15, -0.1) is 0 Å². The summed E-state index contributed by atoms with van der Waals surface area (Å²) < 4.78 is 37.7. The molecule has 3 aromatic carbocycles. The Balaban J connectivity index is 1.48. The van der Waals surface area contributed by atoms with Crippen LogP contribution >= 0.6 is 0 Å². The van der Waals surface area contributed by atoms with Gasteiger partial charge in [0.15, 0.2) is 11.5 Å². The number of anilines is 1. The van der Waals surface area contributed by atoms with E-state index >= 15 is 0 Å². The Labute approximate surface area is 172 Å². The molecule has 5 nitrogen and oxygen atoms in total. The Morgan fingerprint density at radius 1 is 0.900 bits per heavy atom. The molecule has 0 saturated carbocycles. The molecule has 0 aromatic heterocycles. The summed E-state index contributed by atoms with van der Waals surface area (Å²) in [5.41, 5.74) is 1.93. The molecule has 2 amide bonds. The highest BCUT2D eigenvalue weighted by Gasteiger charge is 2.18. The molecule has 0 saturated heterocycles. The minimum absolute atomic E-state index is 0.0876. The highest BCUT2D eigenvalue weighted by Crippen LogP contribution is 2.33. The van der Waals surface area contributed by atoms with E-state index in [9.17, 15) is 13.6 Å². The maximum absolute atomic E-state index is 13.9. The number of carbonyl (C=O) groups excluding carboxylic acids is 1. The first-order valence-electron chi connectivity index (χ1n) is 9.52. The van der Waals surface area contributed by atoms with Crippen molar-refractivity contribution in [2.75, 3.05) is 12.1 Å². The van der Waals surface area contributed by atoms with Gasteiger partial charge < -0.3 is 20.1 Å². The SMILES string of the molecule is O=C(Nc1ccc(F)cc1F)NC(Cc1ccccc1)Cc1ccc2c(c1)OCO2. The fraction of sp³-hybridized carbons (Fsp3) is 0.174. The lowest BCUT2D eigenvalue weighted by molar-refractivity contribution is 0.174. The van der Waals surface area contributed by atoms with Gasteiger partial charge in [0.2, 0.25) is 6.79 Å². The van der Waals surface area contributed by atoms with Crippen molar-refractivity contribution in [2.24, 2.45) is 0 Å². The average molecular weight is 410 g/mol. The van der Waals surface area contributed by atoms with Crippen LogP contribution in [0.1, 0.15) is 11.1 Å². The van der Waals surface area contributed by atoms with E-state index in [4.69, 9.17) is 9.47 Å². The maximum atomic E-state index is 13.9. The molecule has 1 aliphatic rings. The van der Waals surface area contributed by atoms with Gasteiger partial charge in [-0.2, -0.15) is 0 Å². The van der Waals surface area contributed by atoms with Gasteiger partial charge in [-0.25, -0.2) is 13.6 Å². The number of amides is 2. The third-order valence-corrected chi connectivity index (χ3v) is 4.76. The van der Waals surface area contributed by atoms with Crippen LogP contribution in [0.25, 0.3) is 0 Å². The summed E-state index contributed by atoms with van der Waals surface area (Å²) in [7, 11) is 0. The zero-order chi connectivity index (χ0) is 20.9. The maximum Gasteiger partial charge on any atom is 0.319 e. The molecule has 1 aliphatic heterocycles. The lowest BCUT2D eigenvalue weighted by Gasteiger charge is -2.20. The molecule has 2 N–H and O–H groups in total. The molecule has 4 rings (SSSR count). The highest BCUT2D eigenvalue weighted by atomic mass is 19.1. The number of hydrogen-bond acceptors (Lipinski definition) is 3. The first-order valence-corrected chi connectivity index (χ1v) is 9.52. The molecule has 0 spiro atoms. The first kappa shape index (κ1) is 19.7. The van der Waals surface area contributed by atoms with Gasteiger partial charge in [0.05, 0.1) is 5.69 Å². The van der Waals surface area contributed by atoms with Gasteiger partial charge in [0.25, 0.3) is 0 Å². The molecule has 7 heteroatoms. The normalized spacial score (nSPS) is 13.0. The predicted molar refractivity (Wildman–Crippen MR) is 109 cm³/mol. The second-order valence-electron chi connectivity index (χ2n) is 7.00. The standard InChI is InChI=1S/C23H20F2N2O3/c24-17-7-8-20(19(25)13-17)27-23(28)26-18(10-15-4-2-1-3-5-15)11-16-6-9-21-22(12-16)30-14-29-21/h1-9,12-13,18H,10-11,14H2,(H2,26,27,28). The number of rotatable bonds is 6. The van der Waals surface area contributed by atoms with Crippen LogP contribution < -0.4 is 20.1 Å². The van der Waals surface area contributed by atoms with Crippen LogP contribution in [0.4, 0.5) is 19.3 Å². The average Bonchev–Trinajstić information content (AvgIpc) is 3.19. The molecule has 1 atom stereocenters. The number of nitrogens with one attached hydrogen (secondary N) is 2. The smallest absolute Gasteiger partial charge is 0.319 e. The molecule has 0 fully saturated rings. The predicted octanol–water partition coefficient (Wildman–Crippen LogP) is 4.67. The molecule has 3 aromatic rings. The van der Waals surface area contributed by atoms with E-state index < -0.39 is 17.7 Å². The molecule has 1 heterocycles. The third kappa shape index (κ3) is 4.86. The number of ether oxygens (including phenoxy) is 2. The monoisotopic (exact) mass is 410 g/mol. The lowest BCUT2D eigenvalue weighted by atomic mass is 9.98. The van der Waals surface area contributed by atoms with Gasteiger partial charge >= 0.3 is 6.03 Å². The summed E-state index contributed by atoms with van der Waals surface area (Å²) in [6.45, 7) is 0.191. The number of halogens is 2. The number of benzene rings is 3. The Morgan fingerprint density at radius 2 is 1.67 bits per heavy atom. The van der Waals surface area contributed by atoms with Crippen LogP contribution in [0.3, 0.4) is 0 Å². The summed E-state index contributed by atoms with van der Waals surface area (Å²) >= 11 is 0. The second-order valence-corrected chi connectivity index (χ2v) is 7.00. The van der Waals surface area contributed by atoms with Gasteiger partial charge in [-0.1, -0.05) is 36.4 Å². The summed E-state index contributed by atoms with van der Waals surface area (Å²) in [5, 5.41) is 5.33. The van der Waals surface area contributed by atoms with Gasteiger partial charge in [0, 0.05) is 12.1 Å². The van der Waals surface area contributed by atoms with Crippen molar-refractivity contribution in [1.29, 1.82) is 0 Å². The van der Waals surface area contributed by atoms with Crippen molar-refractivity contribution >= 4 is 11.7 Å². The molecular formula is C23H20F2N2O3. The van der Waals surface area contributed by atoms with Crippen LogP contribution in [0.15, 0.2) is 66.7 Å². The lowest BCUT2D eigenvalue weighted by Crippen LogP contribution is -2.40. The van der Waals surface area contributed by atoms with Crippen LogP contribution in [0, 0.1) is 11.6 Å². The van der Waals surface area contributed by atoms with E-state index in [1.54, 1.807) is 0 Å². The van der Waals surface area contributed by atoms with Crippen molar-refractivity contribution in [1.82, 2.24) is 5.32 Å². The summed E-state index contributed by atoms with van der Waals surface area (Å²) in [4.78, 5) is 12.5. The van der Waals surface area contributed by atoms with E-state index in [1.165, 1.54) is 6.07 Å². The summed E-state index contributed by atoms with van der Waals surface area (Å²) in [6.07, 6.45) is 1.11. The van der Waals surface area contributed by atoms with Gasteiger partial charge in [-0.05, 0) is 48.2 Å². The molecule has 1 unspecified atom stereocenters. The molecular weight excluding hydrogens is 390 g/mol. The summed E-state index contributed by atoms with van der Waals surface area (Å²) in [5.74, 6) is -0.177. The van der Waals surface area contributed by atoms with Crippen LogP contribution in [0.2, 0.25) is 0 Å². The Morgan fingerprint density at radius 3 is 2.47 bits per heavy atom. The van der Waals surface area contributed by atoms with E-state index in [1.807, 2.05) is 48.5 Å². The van der Waals surface area contributed by atoms with Crippen molar-refractivity contribution in [3.05, 3.63) is 89.5 Å². The van der Waals surface area contributed by atoms with Crippen molar-refractivity contribution < 1.29 is 23.0 Å². The Hall–Kier alpha value is -3.61. The number of fused-ring (bicyclic) bond motifs is 1. The van der Waals surface area contributed by atoms with Crippen LogP contribution in [-0.4, -0.2) is 18.9 Å². The highest BCUT2D eigenvalue weighted by molar-refractivity contribution is 5.89. The summed E-state index contributed by atoms with van der Waals surface area (Å²) in [6, 6.07) is 17.6. The van der Waals surface area contributed by atoms with E-state index in [2.05, 4.69) is 10.6 Å². The quantitative estimate of drug-likeness (QED) is 0.621. The molecule has 30 heavy (non-hydrogen) atoms. The first-order chi connectivity index (χ1) is 14.6. The fourth-order valence-corrected chi connectivity index (χ4v) is 3.36. The van der Waals surface area contributed by atoms with Crippen molar-refractivity contribution in [2.45, 2.75) is 18.9 Å². The van der Waals surface area contributed by atoms with E-state index in [0.717, 1.165) is 23.3 Å². The largest absolute Gasteiger partial charge is 0.454 e. The molecule has 0 bridgehead atoms. The second kappa shape index (κ2) is 8.82. The minimum atomic E-state index is -0.833. The topological polar surface area (TPSA) is 59.6 Å². The van der Waals surface area contributed by atoms with Crippen molar-refractivity contribution in [3.63, 3.8) is 0 Å². The Kier molecular flexibility index (Phi) is 5.79. The van der Waals surface area contributed by atoms with E-state index in [-0.39, 0.29) is 18.5 Å². The molecule has 154 valence electrons. The molecule has 0 aliphatic carbocycles. The van der Waals surface area contributed by atoms with Crippen LogP contribution in [-0.2, 0) is 12.8 Å². The molecule has 0 radical (unpaired) electrons. The van der Waals surface area contributed by atoms with Crippen LogP contribution in [0.5, 0.6) is 11.5 Å². The van der Waals surface area contributed by atoms with Gasteiger partial charge in [-0.3, -0.25) is 0 Å². The zero-order valence-electron chi connectivity index (χ0n) is 16.0. The van der Waals surface area contributed by atoms with Gasteiger partial charge in [0.1, 0.15) is 11.6 Å². The zero-order valence-corrected chi connectivity index (χ0v) is 16.0. The number of hydrogen-bond donors (Lipinski definition) is 2. The number of urea groups is 1. The number of carbonyl (C=O) groups is 1. The van der Waals surface area contributed by atoms with E-state index in [0.29, 0.717) is 24.3 Å². The fourth-order valence-electron chi connectivity index (χ4n) is 3.36. The minimum Gasteiger partial charge on any atom is -0.454 e. The van der Waals surface area contributed by atoms with Crippen molar-refractivity contribution in [3.8, 4) is 11.5 Å². The Bertz CT molecular complexity index is 1040.